The molecule has 10 heteroatoms. The Bertz CT molecular complexity index is 1050. The summed E-state index contributed by atoms with van der Waals surface area (Å²) in [5.41, 5.74) is 8.81. The number of nitrogen functional groups attached to an aromatic ring is 1. The normalized spacial score (nSPS) is 12.1. The highest BCUT2D eigenvalue weighted by atomic mass is 16.4. The second-order valence-electron chi connectivity index (χ2n) is 6.16. The number of nitrogens with zero attached hydrogens (tertiary/aromatic N) is 3. The van der Waals surface area contributed by atoms with Crippen LogP contribution in [0, 0.1) is 12.3 Å². The van der Waals surface area contributed by atoms with Gasteiger partial charge in [0, 0.05) is 11.3 Å². The van der Waals surface area contributed by atoms with Gasteiger partial charge < -0.3 is 25.7 Å². The number of benzene rings is 1. The molecule has 27 heavy (non-hydrogen) atoms. The monoisotopic (exact) mass is 369 g/mol. The van der Waals surface area contributed by atoms with Crippen LogP contribution in [-0.2, 0) is 16.1 Å². The number of imidazole rings is 2. The summed E-state index contributed by atoms with van der Waals surface area (Å²) < 4.78 is 1.62. The Kier molecular flexibility index (Phi) is 4.63. The van der Waals surface area contributed by atoms with Gasteiger partial charge in [-0.3, -0.25) is 15.0 Å². The molecule has 0 saturated carbocycles. The standard InChI is InChI=1S/C17H19N7O3/c1-8(17(26)27)21-13(25)6-24-7-20-14(9(24)2)16-22-11-4-3-10(15(18)19)5-12(11)23-16/h3-5,7-8H,6H2,1-2H3,(H3,18,19)(H,21,25)(H,22,23)(H,26,27). The first-order valence-electron chi connectivity index (χ1n) is 8.14. The molecule has 1 amide bonds. The second-order valence-corrected chi connectivity index (χ2v) is 6.16. The Morgan fingerprint density at radius 1 is 1.44 bits per heavy atom. The van der Waals surface area contributed by atoms with E-state index in [2.05, 4.69) is 20.3 Å². The maximum atomic E-state index is 12.0. The van der Waals surface area contributed by atoms with Gasteiger partial charge in [0.15, 0.2) is 5.82 Å². The molecule has 0 bridgehead atoms. The molecule has 3 rings (SSSR count). The van der Waals surface area contributed by atoms with E-state index in [0.29, 0.717) is 28.3 Å². The van der Waals surface area contributed by atoms with Crippen molar-refractivity contribution in [1.82, 2.24) is 24.8 Å². The first kappa shape index (κ1) is 18.1. The Hall–Kier alpha value is -3.69. The van der Waals surface area contributed by atoms with Gasteiger partial charge in [-0.05, 0) is 32.0 Å². The van der Waals surface area contributed by atoms with Crippen molar-refractivity contribution in [2.45, 2.75) is 26.4 Å². The molecular formula is C17H19N7O3. The number of amidine groups is 1. The Balaban J connectivity index is 1.84. The van der Waals surface area contributed by atoms with Gasteiger partial charge in [-0.2, -0.15) is 0 Å². The predicted octanol–water partition coefficient (Wildman–Crippen LogP) is 0.608. The largest absolute Gasteiger partial charge is 0.480 e. The van der Waals surface area contributed by atoms with E-state index in [1.807, 2.05) is 0 Å². The minimum Gasteiger partial charge on any atom is -0.480 e. The van der Waals surface area contributed by atoms with Crippen molar-refractivity contribution in [3.05, 3.63) is 35.8 Å². The van der Waals surface area contributed by atoms with Gasteiger partial charge >= 0.3 is 5.97 Å². The van der Waals surface area contributed by atoms with E-state index in [9.17, 15) is 9.59 Å². The number of hydrogen-bond acceptors (Lipinski definition) is 5. The summed E-state index contributed by atoms with van der Waals surface area (Å²) in [6, 6.07) is 4.25. The third-order valence-electron chi connectivity index (χ3n) is 4.18. The molecule has 2 aromatic heterocycles. The summed E-state index contributed by atoms with van der Waals surface area (Å²) in [4.78, 5) is 34.8. The number of nitrogens with one attached hydrogen (secondary N) is 3. The third kappa shape index (κ3) is 3.64. The molecule has 0 saturated heterocycles. The number of H-pyrrole nitrogens is 1. The molecule has 0 aliphatic rings. The van der Waals surface area contributed by atoms with E-state index < -0.39 is 17.9 Å². The number of carboxylic acid groups (broad SMARTS) is 1. The summed E-state index contributed by atoms with van der Waals surface area (Å²) in [7, 11) is 0. The minimum absolute atomic E-state index is 0.0323. The Morgan fingerprint density at radius 2 is 2.19 bits per heavy atom. The molecule has 0 radical (unpaired) electrons. The summed E-state index contributed by atoms with van der Waals surface area (Å²) in [5.74, 6) is -1.03. The average Bonchev–Trinajstić information content (AvgIpc) is 3.17. The maximum Gasteiger partial charge on any atom is 0.325 e. The lowest BCUT2D eigenvalue weighted by Gasteiger charge is -2.10. The highest BCUT2D eigenvalue weighted by Gasteiger charge is 2.17. The highest BCUT2D eigenvalue weighted by Crippen LogP contribution is 2.23. The molecule has 0 aliphatic carbocycles. The molecule has 6 N–H and O–H groups in total. The third-order valence-corrected chi connectivity index (χ3v) is 4.18. The molecule has 140 valence electrons. The fourth-order valence-corrected chi connectivity index (χ4v) is 2.63. The van der Waals surface area contributed by atoms with E-state index in [4.69, 9.17) is 16.2 Å². The van der Waals surface area contributed by atoms with E-state index >= 15 is 0 Å². The number of aromatic nitrogens is 4. The predicted molar refractivity (Wildman–Crippen MR) is 98.3 cm³/mol. The summed E-state index contributed by atoms with van der Waals surface area (Å²) in [5, 5.41) is 18.8. The highest BCUT2D eigenvalue weighted by molar-refractivity contribution is 5.98. The van der Waals surface area contributed by atoms with Crippen molar-refractivity contribution in [3.63, 3.8) is 0 Å². The van der Waals surface area contributed by atoms with Gasteiger partial charge in [-0.15, -0.1) is 0 Å². The molecular weight excluding hydrogens is 350 g/mol. The maximum absolute atomic E-state index is 12.0. The van der Waals surface area contributed by atoms with Crippen LogP contribution in [-0.4, -0.2) is 48.4 Å². The van der Waals surface area contributed by atoms with Crippen molar-refractivity contribution in [2.75, 3.05) is 0 Å². The van der Waals surface area contributed by atoms with Crippen LogP contribution in [0.5, 0.6) is 0 Å². The smallest absolute Gasteiger partial charge is 0.325 e. The lowest BCUT2D eigenvalue weighted by molar-refractivity contribution is -0.141. The van der Waals surface area contributed by atoms with Crippen LogP contribution in [0.25, 0.3) is 22.6 Å². The summed E-state index contributed by atoms with van der Waals surface area (Å²) in [6.07, 6.45) is 1.50. The van der Waals surface area contributed by atoms with E-state index in [1.165, 1.54) is 13.3 Å². The fourth-order valence-electron chi connectivity index (χ4n) is 2.63. The number of fused-ring (bicyclic) bond motifs is 1. The van der Waals surface area contributed by atoms with Crippen molar-refractivity contribution < 1.29 is 14.7 Å². The van der Waals surface area contributed by atoms with E-state index in [0.717, 1.165) is 5.52 Å². The number of rotatable bonds is 6. The van der Waals surface area contributed by atoms with Gasteiger partial charge in [0.25, 0.3) is 0 Å². The van der Waals surface area contributed by atoms with Gasteiger partial charge in [0.1, 0.15) is 24.1 Å². The molecule has 2 heterocycles. The number of nitrogens with two attached hydrogens (primary N) is 1. The molecule has 0 fully saturated rings. The van der Waals surface area contributed by atoms with Crippen LogP contribution in [0.3, 0.4) is 0 Å². The Labute approximate surface area is 153 Å². The number of aliphatic carboxylic acids is 1. The van der Waals surface area contributed by atoms with Crippen molar-refractivity contribution in [2.24, 2.45) is 5.73 Å². The second kappa shape index (κ2) is 6.90. The van der Waals surface area contributed by atoms with Crippen LogP contribution >= 0.6 is 0 Å². The number of carboxylic acids is 1. The van der Waals surface area contributed by atoms with E-state index in [-0.39, 0.29) is 12.4 Å². The van der Waals surface area contributed by atoms with Crippen LogP contribution in [0.1, 0.15) is 18.2 Å². The van der Waals surface area contributed by atoms with Crippen molar-refractivity contribution in [1.29, 1.82) is 5.41 Å². The first-order chi connectivity index (χ1) is 12.8. The summed E-state index contributed by atoms with van der Waals surface area (Å²) >= 11 is 0. The van der Waals surface area contributed by atoms with Crippen LogP contribution < -0.4 is 11.1 Å². The van der Waals surface area contributed by atoms with Crippen LogP contribution in [0.15, 0.2) is 24.5 Å². The minimum atomic E-state index is -1.10. The number of carbonyl (C=O) groups is 2. The van der Waals surface area contributed by atoms with Crippen LogP contribution in [0.2, 0.25) is 0 Å². The molecule has 1 atom stereocenters. The molecule has 0 aliphatic heterocycles. The van der Waals surface area contributed by atoms with Crippen LogP contribution in [0.4, 0.5) is 0 Å². The van der Waals surface area contributed by atoms with E-state index in [1.54, 1.807) is 29.7 Å². The first-order valence-corrected chi connectivity index (χ1v) is 8.14. The summed E-state index contributed by atoms with van der Waals surface area (Å²) in [6.45, 7) is 3.14. The molecule has 1 aromatic carbocycles. The number of carbonyl (C=O) groups excluding carboxylic acids is 1. The lowest BCUT2D eigenvalue weighted by atomic mass is 10.2. The quantitative estimate of drug-likeness (QED) is 0.316. The zero-order valence-electron chi connectivity index (χ0n) is 14.8. The molecule has 10 nitrogen and oxygen atoms in total. The zero-order chi connectivity index (χ0) is 19.7. The molecule has 3 aromatic rings. The molecule has 1 unspecified atom stereocenters. The van der Waals surface area contributed by atoms with Crippen molar-refractivity contribution in [3.8, 4) is 11.5 Å². The van der Waals surface area contributed by atoms with Gasteiger partial charge in [-0.1, -0.05) is 0 Å². The van der Waals surface area contributed by atoms with Gasteiger partial charge in [0.05, 0.1) is 17.4 Å². The average molecular weight is 369 g/mol. The number of amides is 1. The SMILES string of the molecule is Cc1c(-c2nc3ccc(C(=N)N)cc3[nH]2)ncn1CC(=O)NC(C)C(=O)O. The van der Waals surface area contributed by atoms with Gasteiger partial charge in [0.2, 0.25) is 5.91 Å². The van der Waals surface area contributed by atoms with Crippen molar-refractivity contribution >= 4 is 28.7 Å². The zero-order valence-corrected chi connectivity index (χ0v) is 14.8. The van der Waals surface area contributed by atoms with Gasteiger partial charge in [-0.25, -0.2) is 9.97 Å². The topological polar surface area (TPSA) is 163 Å². The lowest BCUT2D eigenvalue weighted by Crippen LogP contribution is -2.40. The number of aromatic amines is 1. The number of hydrogen-bond donors (Lipinski definition) is 5. The molecule has 0 spiro atoms. The Morgan fingerprint density at radius 3 is 2.85 bits per heavy atom. The fraction of sp³-hybridized carbons (Fsp3) is 0.235.